The second-order valence-electron chi connectivity index (χ2n) is 9.08. The first-order valence-corrected chi connectivity index (χ1v) is 13.4. The average molecular weight is 538 g/mol. The van der Waals surface area contributed by atoms with Gasteiger partial charge in [-0.05, 0) is 35.7 Å². The summed E-state index contributed by atoms with van der Waals surface area (Å²) in [7, 11) is 0. The van der Waals surface area contributed by atoms with E-state index in [1.54, 1.807) is 30.6 Å². The van der Waals surface area contributed by atoms with Gasteiger partial charge in [0.25, 0.3) is 0 Å². The topological polar surface area (TPSA) is 131 Å². The highest BCUT2D eigenvalue weighted by Crippen LogP contribution is 2.42. The number of hydrogen-bond donors (Lipinski definition) is 3. The van der Waals surface area contributed by atoms with E-state index in [0.717, 1.165) is 16.7 Å². The van der Waals surface area contributed by atoms with Crippen LogP contribution in [-0.2, 0) is 25.7 Å². The fourth-order valence-electron chi connectivity index (χ4n) is 4.17. The Bertz CT molecular complexity index is 1190. The summed E-state index contributed by atoms with van der Waals surface area (Å²) in [4.78, 5) is 31.4. The van der Waals surface area contributed by atoms with Crippen molar-refractivity contribution in [2.45, 2.75) is 56.4 Å². The van der Waals surface area contributed by atoms with Gasteiger partial charge in [0, 0.05) is 48.2 Å². The number of rotatable bonds is 11. The molecule has 3 aromatic rings. The summed E-state index contributed by atoms with van der Waals surface area (Å²) in [5.74, 6) is -0.475. The molecule has 1 aromatic heterocycles. The molecule has 1 aliphatic rings. The lowest BCUT2D eigenvalue weighted by atomic mass is 9.91. The van der Waals surface area contributed by atoms with E-state index in [1.807, 2.05) is 36.4 Å². The highest BCUT2D eigenvalue weighted by Gasteiger charge is 2.38. The summed E-state index contributed by atoms with van der Waals surface area (Å²) in [5.41, 5.74) is 3.25. The minimum atomic E-state index is -0.917. The van der Waals surface area contributed by atoms with Crippen LogP contribution in [0.15, 0.2) is 72.1 Å². The summed E-state index contributed by atoms with van der Waals surface area (Å²) in [6, 6.07) is 16.8. The number of amides is 1. The van der Waals surface area contributed by atoms with Crippen molar-refractivity contribution in [2.24, 2.45) is 5.92 Å². The first-order valence-electron chi connectivity index (χ1n) is 12.4. The lowest BCUT2D eigenvalue weighted by Gasteiger charge is -2.41. The van der Waals surface area contributed by atoms with Crippen LogP contribution in [0.5, 0.6) is 0 Å². The highest BCUT2D eigenvalue weighted by atomic mass is 32.2. The Balaban J connectivity index is 1.47. The van der Waals surface area contributed by atoms with Gasteiger partial charge in [0.2, 0.25) is 5.91 Å². The van der Waals surface area contributed by atoms with Gasteiger partial charge in [-0.1, -0.05) is 55.1 Å². The standard InChI is InChI=1S/C28H31N3O6S/c1-18-23(17-38-28-29-14-3-15-30-28)36-27(37-26(18)20-8-6-19(16-32)7-9-20)21-10-12-22(13-11-21)31-24(33)4-2-5-25(34)35/h3,6-15,18,23,26-27,32H,2,4-5,16-17H2,1H3,(H,31,33)(H,34,35)/t18-,23+,26+,27+/m0/s1. The van der Waals surface area contributed by atoms with E-state index < -0.39 is 12.3 Å². The summed E-state index contributed by atoms with van der Waals surface area (Å²) >= 11 is 1.53. The maximum Gasteiger partial charge on any atom is 0.303 e. The molecule has 0 unspecified atom stereocenters. The van der Waals surface area contributed by atoms with Crippen molar-refractivity contribution in [1.29, 1.82) is 0 Å². The van der Waals surface area contributed by atoms with Crippen LogP contribution < -0.4 is 5.32 Å². The maximum atomic E-state index is 12.1. The molecule has 1 saturated heterocycles. The predicted molar refractivity (Wildman–Crippen MR) is 142 cm³/mol. The summed E-state index contributed by atoms with van der Waals surface area (Å²) in [5, 5.41) is 21.6. The molecule has 0 radical (unpaired) electrons. The van der Waals surface area contributed by atoms with Crippen molar-refractivity contribution >= 4 is 29.3 Å². The quantitative estimate of drug-likeness (QED) is 0.234. The average Bonchev–Trinajstić information content (AvgIpc) is 2.93. The van der Waals surface area contributed by atoms with E-state index in [1.165, 1.54) is 11.8 Å². The number of thioether (sulfide) groups is 1. The molecule has 0 saturated carbocycles. The molecule has 2 aromatic carbocycles. The largest absolute Gasteiger partial charge is 0.481 e. The molecule has 1 aliphatic heterocycles. The molecule has 1 fully saturated rings. The Hall–Kier alpha value is -3.31. The Labute approximate surface area is 225 Å². The SMILES string of the molecule is C[C@H]1[C@@H](CSc2ncccn2)O[C@@H](c2ccc(NC(=O)CCCC(=O)O)cc2)O[C@H]1c1ccc(CO)cc1. The minimum absolute atomic E-state index is 0.0219. The number of carbonyl (C=O) groups excluding carboxylic acids is 1. The van der Waals surface area contributed by atoms with Crippen LogP contribution in [0.4, 0.5) is 5.69 Å². The number of benzene rings is 2. The predicted octanol–water partition coefficient (Wildman–Crippen LogP) is 4.75. The van der Waals surface area contributed by atoms with Crippen molar-refractivity contribution in [3.05, 3.63) is 83.7 Å². The van der Waals surface area contributed by atoms with Crippen LogP contribution in [0.2, 0.25) is 0 Å². The molecule has 4 atom stereocenters. The van der Waals surface area contributed by atoms with E-state index in [-0.39, 0.29) is 49.9 Å². The van der Waals surface area contributed by atoms with Gasteiger partial charge < -0.3 is 25.0 Å². The van der Waals surface area contributed by atoms with Gasteiger partial charge in [0.15, 0.2) is 11.4 Å². The zero-order valence-corrected chi connectivity index (χ0v) is 21.8. The zero-order chi connectivity index (χ0) is 26.9. The van der Waals surface area contributed by atoms with E-state index in [0.29, 0.717) is 16.6 Å². The molecule has 4 rings (SSSR count). The molecule has 0 bridgehead atoms. The third-order valence-corrected chi connectivity index (χ3v) is 7.27. The van der Waals surface area contributed by atoms with Crippen LogP contribution in [0.25, 0.3) is 0 Å². The number of carbonyl (C=O) groups is 2. The highest BCUT2D eigenvalue weighted by molar-refractivity contribution is 7.99. The van der Waals surface area contributed by atoms with E-state index in [4.69, 9.17) is 14.6 Å². The van der Waals surface area contributed by atoms with Crippen molar-refractivity contribution in [3.8, 4) is 0 Å². The van der Waals surface area contributed by atoms with Crippen molar-refractivity contribution in [3.63, 3.8) is 0 Å². The van der Waals surface area contributed by atoms with Gasteiger partial charge in [-0.3, -0.25) is 9.59 Å². The molecule has 2 heterocycles. The minimum Gasteiger partial charge on any atom is -0.481 e. The summed E-state index contributed by atoms with van der Waals surface area (Å²) in [6.07, 6.45) is 2.79. The smallest absolute Gasteiger partial charge is 0.303 e. The molecular formula is C28H31N3O6S. The molecule has 3 N–H and O–H groups in total. The first-order chi connectivity index (χ1) is 18.4. The van der Waals surface area contributed by atoms with Crippen molar-refractivity contribution in [2.75, 3.05) is 11.1 Å². The van der Waals surface area contributed by atoms with Crippen LogP contribution in [-0.4, -0.2) is 43.9 Å². The molecule has 200 valence electrons. The van der Waals surface area contributed by atoms with Crippen LogP contribution in [0.1, 0.15) is 55.3 Å². The van der Waals surface area contributed by atoms with Gasteiger partial charge in [-0.25, -0.2) is 9.97 Å². The van der Waals surface area contributed by atoms with Crippen LogP contribution in [0.3, 0.4) is 0 Å². The number of carboxylic acids is 1. The number of aliphatic hydroxyl groups excluding tert-OH is 1. The third-order valence-electron chi connectivity index (χ3n) is 6.30. The fraction of sp³-hybridized carbons (Fsp3) is 0.357. The number of hydrogen-bond acceptors (Lipinski definition) is 8. The van der Waals surface area contributed by atoms with E-state index >= 15 is 0 Å². The lowest BCUT2D eigenvalue weighted by molar-refractivity contribution is -0.268. The second kappa shape index (κ2) is 13.5. The zero-order valence-electron chi connectivity index (χ0n) is 21.0. The number of aliphatic hydroxyl groups is 1. The molecule has 1 amide bonds. The van der Waals surface area contributed by atoms with Gasteiger partial charge in [0.1, 0.15) is 0 Å². The van der Waals surface area contributed by atoms with Crippen molar-refractivity contribution < 1.29 is 29.3 Å². The molecular weight excluding hydrogens is 506 g/mol. The van der Waals surface area contributed by atoms with Crippen molar-refractivity contribution in [1.82, 2.24) is 9.97 Å². The molecule has 0 spiro atoms. The van der Waals surface area contributed by atoms with E-state index in [9.17, 15) is 14.7 Å². The van der Waals surface area contributed by atoms with E-state index in [2.05, 4.69) is 22.2 Å². The number of nitrogens with one attached hydrogen (secondary N) is 1. The van der Waals surface area contributed by atoms with Gasteiger partial charge in [-0.2, -0.15) is 0 Å². The summed E-state index contributed by atoms with van der Waals surface area (Å²) in [6.45, 7) is 2.08. The van der Waals surface area contributed by atoms with Gasteiger partial charge in [0.05, 0.1) is 18.8 Å². The molecule has 38 heavy (non-hydrogen) atoms. The number of ether oxygens (including phenoxy) is 2. The normalized spacial score (nSPS) is 21.1. The molecule has 9 nitrogen and oxygen atoms in total. The Morgan fingerprint density at radius 2 is 1.66 bits per heavy atom. The number of nitrogens with zero attached hydrogens (tertiary/aromatic N) is 2. The second-order valence-corrected chi connectivity index (χ2v) is 10.1. The molecule has 10 heteroatoms. The van der Waals surface area contributed by atoms with Crippen LogP contribution in [0, 0.1) is 5.92 Å². The fourth-order valence-corrected chi connectivity index (χ4v) is 5.14. The third kappa shape index (κ3) is 7.61. The maximum absolute atomic E-state index is 12.1. The monoisotopic (exact) mass is 537 g/mol. The number of aromatic nitrogens is 2. The van der Waals surface area contributed by atoms with Gasteiger partial charge in [-0.15, -0.1) is 0 Å². The lowest BCUT2D eigenvalue weighted by Crippen LogP contribution is -2.38. The van der Waals surface area contributed by atoms with Gasteiger partial charge >= 0.3 is 5.97 Å². The number of anilines is 1. The Morgan fingerprint density at radius 3 is 2.32 bits per heavy atom. The first kappa shape index (κ1) is 27.7. The molecule has 0 aliphatic carbocycles. The Morgan fingerprint density at radius 1 is 0.974 bits per heavy atom. The van der Waals surface area contributed by atoms with Crippen LogP contribution >= 0.6 is 11.8 Å². The summed E-state index contributed by atoms with van der Waals surface area (Å²) < 4.78 is 12.9. The number of carboxylic acid groups (broad SMARTS) is 1. The Kier molecular flexibility index (Phi) is 9.83. The number of aliphatic carboxylic acids is 1.